The van der Waals surface area contributed by atoms with Crippen LogP contribution in [-0.2, 0) is 15.9 Å². The van der Waals surface area contributed by atoms with Crippen molar-refractivity contribution in [3.63, 3.8) is 0 Å². The van der Waals surface area contributed by atoms with E-state index in [9.17, 15) is 0 Å². The van der Waals surface area contributed by atoms with E-state index in [0.717, 1.165) is 17.1 Å². The van der Waals surface area contributed by atoms with Gasteiger partial charge >= 0.3 is 0 Å². The Morgan fingerprint density at radius 3 is 2.94 bits per heavy atom. The van der Waals surface area contributed by atoms with Crippen LogP contribution >= 0.6 is 11.3 Å². The molecule has 92 valence electrons. The zero-order valence-corrected chi connectivity index (χ0v) is 10.5. The zero-order chi connectivity index (χ0) is 11.8. The van der Waals surface area contributed by atoms with Crippen molar-refractivity contribution >= 4 is 11.3 Å². The van der Waals surface area contributed by atoms with Crippen LogP contribution in [0.2, 0.25) is 0 Å². The number of rotatable bonds is 8. The number of hydrogen-bond donors (Lipinski definition) is 2. The molecule has 0 aromatic carbocycles. The molecule has 1 aromatic heterocycles. The lowest BCUT2D eigenvalue weighted by atomic mass is 10.2. The Bertz CT molecular complexity index is 293. The number of aryl methyl sites for hydroxylation is 1. The fourth-order valence-corrected chi connectivity index (χ4v) is 1.91. The lowest BCUT2D eigenvalue weighted by molar-refractivity contribution is 0.0586. The minimum absolute atomic E-state index is 0.0957. The molecule has 5 nitrogen and oxygen atoms in total. The number of thiazole rings is 1. The molecule has 0 radical (unpaired) electrons. The molecule has 3 N–H and O–H groups in total. The van der Waals surface area contributed by atoms with E-state index in [1.54, 1.807) is 18.4 Å². The second-order valence-electron chi connectivity index (χ2n) is 3.49. The summed E-state index contributed by atoms with van der Waals surface area (Å²) < 4.78 is 10.3. The SMILES string of the molecule is COCCOCC(Cc1csc(C)n1)NN. The molecule has 0 spiro atoms. The third-order valence-corrected chi connectivity index (χ3v) is 2.93. The van der Waals surface area contributed by atoms with Crippen LogP contribution in [0.1, 0.15) is 10.7 Å². The van der Waals surface area contributed by atoms with Gasteiger partial charge in [-0.1, -0.05) is 0 Å². The van der Waals surface area contributed by atoms with Crippen LogP contribution in [0.25, 0.3) is 0 Å². The molecule has 0 saturated carbocycles. The number of nitrogens with two attached hydrogens (primary N) is 1. The van der Waals surface area contributed by atoms with Gasteiger partial charge in [-0.05, 0) is 6.92 Å². The average molecular weight is 245 g/mol. The molecule has 1 unspecified atom stereocenters. The molecule has 16 heavy (non-hydrogen) atoms. The summed E-state index contributed by atoms with van der Waals surface area (Å²) in [5.74, 6) is 5.46. The fraction of sp³-hybridized carbons (Fsp3) is 0.700. The van der Waals surface area contributed by atoms with Crippen LogP contribution in [0.5, 0.6) is 0 Å². The van der Waals surface area contributed by atoms with Gasteiger partial charge in [0.05, 0.1) is 30.5 Å². The van der Waals surface area contributed by atoms with E-state index in [-0.39, 0.29) is 6.04 Å². The van der Waals surface area contributed by atoms with E-state index in [4.69, 9.17) is 15.3 Å². The molecule has 0 saturated heterocycles. The van der Waals surface area contributed by atoms with Gasteiger partial charge in [-0.2, -0.15) is 0 Å². The summed E-state index contributed by atoms with van der Waals surface area (Å²) in [4.78, 5) is 4.39. The summed E-state index contributed by atoms with van der Waals surface area (Å²) in [6.07, 6.45) is 0.786. The summed E-state index contributed by atoms with van der Waals surface area (Å²) in [5, 5.41) is 3.13. The molecule has 0 amide bonds. The quantitative estimate of drug-likeness (QED) is 0.396. The Kier molecular flexibility index (Phi) is 6.51. The van der Waals surface area contributed by atoms with E-state index in [1.807, 2.05) is 6.92 Å². The zero-order valence-electron chi connectivity index (χ0n) is 9.73. The molecular formula is C10H19N3O2S. The largest absolute Gasteiger partial charge is 0.382 e. The molecule has 0 aliphatic heterocycles. The molecular weight excluding hydrogens is 226 g/mol. The first kappa shape index (κ1) is 13.5. The highest BCUT2D eigenvalue weighted by atomic mass is 32.1. The molecule has 1 rings (SSSR count). The Morgan fingerprint density at radius 2 is 2.38 bits per heavy atom. The van der Waals surface area contributed by atoms with E-state index < -0.39 is 0 Å². The van der Waals surface area contributed by atoms with Crippen molar-refractivity contribution in [2.75, 3.05) is 26.9 Å². The van der Waals surface area contributed by atoms with Crippen LogP contribution in [0.3, 0.4) is 0 Å². The fourth-order valence-electron chi connectivity index (χ4n) is 1.29. The monoisotopic (exact) mass is 245 g/mol. The van der Waals surface area contributed by atoms with Gasteiger partial charge in [0.2, 0.25) is 0 Å². The first-order valence-corrected chi connectivity index (χ1v) is 6.08. The van der Waals surface area contributed by atoms with Gasteiger partial charge in [0.25, 0.3) is 0 Å². The number of methoxy groups -OCH3 is 1. The molecule has 0 aliphatic carbocycles. The van der Waals surface area contributed by atoms with E-state index >= 15 is 0 Å². The maximum Gasteiger partial charge on any atom is 0.0897 e. The average Bonchev–Trinajstić information content (AvgIpc) is 2.68. The molecule has 0 fully saturated rings. The lowest BCUT2D eigenvalue weighted by Crippen LogP contribution is -2.40. The topological polar surface area (TPSA) is 69.4 Å². The van der Waals surface area contributed by atoms with Crippen molar-refractivity contribution in [2.24, 2.45) is 5.84 Å². The van der Waals surface area contributed by atoms with Crippen LogP contribution in [0.4, 0.5) is 0 Å². The van der Waals surface area contributed by atoms with Crippen LogP contribution in [0.15, 0.2) is 5.38 Å². The van der Waals surface area contributed by atoms with Crippen molar-refractivity contribution < 1.29 is 9.47 Å². The highest BCUT2D eigenvalue weighted by Crippen LogP contribution is 2.09. The van der Waals surface area contributed by atoms with E-state index in [2.05, 4.69) is 15.8 Å². The van der Waals surface area contributed by atoms with E-state index in [1.165, 1.54) is 0 Å². The second kappa shape index (κ2) is 7.70. The number of ether oxygens (including phenoxy) is 2. The van der Waals surface area contributed by atoms with Crippen molar-refractivity contribution in [3.05, 3.63) is 16.1 Å². The molecule has 1 heterocycles. The summed E-state index contributed by atoms with van der Waals surface area (Å²) in [6.45, 7) is 3.75. The number of aromatic nitrogens is 1. The van der Waals surface area contributed by atoms with Gasteiger partial charge in [0.15, 0.2) is 0 Å². The first-order valence-electron chi connectivity index (χ1n) is 5.20. The lowest BCUT2D eigenvalue weighted by Gasteiger charge is -2.14. The van der Waals surface area contributed by atoms with Crippen LogP contribution in [0, 0.1) is 6.92 Å². The maximum atomic E-state index is 5.46. The highest BCUT2D eigenvalue weighted by molar-refractivity contribution is 7.09. The molecule has 1 aromatic rings. The Balaban J connectivity index is 2.26. The molecule has 6 heteroatoms. The van der Waals surface area contributed by atoms with Gasteiger partial charge in [-0.25, -0.2) is 4.98 Å². The summed E-state index contributed by atoms with van der Waals surface area (Å²) >= 11 is 1.65. The van der Waals surface area contributed by atoms with Gasteiger partial charge in [-0.15, -0.1) is 11.3 Å². The number of nitrogens with one attached hydrogen (secondary N) is 1. The normalized spacial score (nSPS) is 12.9. The third-order valence-electron chi connectivity index (χ3n) is 2.11. The standard InChI is InChI=1S/C10H19N3O2S/c1-8-12-10(7-16-8)5-9(13-11)6-15-4-3-14-2/h7,9,13H,3-6,11H2,1-2H3. The van der Waals surface area contributed by atoms with Crippen LogP contribution < -0.4 is 11.3 Å². The van der Waals surface area contributed by atoms with Gasteiger partial charge < -0.3 is 9.47 Å². The molecule has 1 atom stereocenters. The smallest absolute Gasteiger partial charge is 0.0897 e. The predicted molar refractivity (Wildman–Crippen MR) is 64.4 cm³/mol. The maximum absolute atomic E-state index is 5.46. The molecule has 0 aliphatic rings. The second-order valence-corrected chi connectivity index (χ2v) is 4.56. The predicted octanol–water partition coefficient (Wildman–Crippen LogP) is 0.489. The summed E-state index contributed by atoms with van der Waals surface area (Å²) in [6, 6.07) is 0.0957. The minimum atomic E-state index is 0.0957. The third kappa shape index (κ3) is 5.00. The Hall–Kier alpha value is -0.530. The van der Waals surface area contributed by atoms with Crippen molar-refractivity contribution in [1.82, 2.24) is 10.4 Å². The summed E-state index contributed by atoms with van der Waals surface area (Å²) in [7, 11) is 1.65. The van der Waals surface area contributed by atoms with Crippen molar-refractivity contribution in [3.8, 4) is 0 Å². The Labute approximate surface area is 99.9 Å². The summed E-state index contributed by atoms with van der Waals surface area (Å²) in [5.41, 5.74) is 3.79. The Morgan fingerprint density at radius 1 is 1.56 bits per heavy atom. The number of nitrogens with zero attached hydrogens (tertiary/aromatic N) is 1. The van der Waals surface area contributed by atoms with Crippen molar-refractivity contribution in [2.45, 2.75) is 19.4 Å². The van der Waals surface area contributed by atoms with Crippen molar-refractivity contribution in [1.29, 1.82) is 0 Å². The van der Waals surface area contributed by atoms with Gasteiger partial charge in [0.1, 0.15) is 0 Å². The highest BCUT2D eigenvalue weighted by Gasteiger charge is 2.09. The molecule has 0 bridgehead atoms. The van der Waals surface area contributed by atoms with Crippen LogP contribution in [-0.4, -0.2) is 38.0 Å². The first-order chi connectivity index (χ1) is 7.76. The van der Waals surface area contributed by atoms with Gasteiger partial charge in [-0.3, -0.25) is 11.3 Å². The number of hydrazine groups is 1. The minimum Gasteiger partial charge on any atom is -0.382 e. The number of hydrogen-bond acceptors (Lipinski definition) is 6. The van der Waals surface area contributed by atoms with E-state index in [0.29, 0.717) is 19.8 Å². The van der Waals surface area contributed by atoms with Gasteiger partial charge in [0, 0.05) is 25.0 Å².